The van der Waals surface area contributed by atoms with Gasteiger partial charge in [-0.15, -0.1) is 0 Å². The maximum atomic E-state index is 8.70. The molecule has 0 amide bonds. The lowest BCUT2D eigenvalue weighted by Crippen LogP contribution is -2.05. The number of ether oxygens (including phenoxy) is 1. The molecule has 0 saturated carbocycles. The largest absolute Gasteiger partial charge is 0.491 e. The summed E-state index contributed by atoms with van der Waals surface area (Å²) in [6.07, 6.45) is 1.68. The first kappa shape index (κ1) is 11.2. The maximum Gasteiger partial charge on any atom is 0.138 e. The fourth-order valence-corrected chi connectivity index (χ4v) is 1.49. The normalized spacial score (nSPS) is 10.2. The Morgan fingerprint density at radius 2 is 2.00 bits per heavy atom. The number of nitriles is 1. The van der Waals surface area contributed by atoms with E-state index in [0.29, 0.717) is 11.5 Å². The molecule has 4 heteroatoms. The smallest absolute Gasteiger partial charge is 0.138 e. The topological polar surface area (TPSA) is 61.7 Å². The van der Waals surface area contributed by atoms with Crippen LogP contribution in [0.25, 0.3) is 11.4 Å². The Bertz CT molecular complexity index is 535. The van der Waals surface area contributed by atoms with Crippen LogP contribution in [-0.4, -0.2) is 16.1 Å². The lowest BCUT2D eigenvalue weighted by molar-refractivity contribution is 0.242. The minimum absolute atomic E-state index is 0.162. The molecule has 0 aliphatic rings. The summed E-state index contributed by atoms with van der Waals surface area (Å²) in [5.74, 6) is 1.52. The van der Waals surface area contributed by atoms with Crippen LogP contribution in [0.3, 0.4) is 0 Å². The van der Waals surface area contributed by atoms with Gasteiger partial charge in [-0.25, -0.2) is 4.98 Å². The average molecular weight is 227 g/mol. The SMILES string of the molecule is CC(C)Oc1ccc(-c2ncc(C#N)[nH]2)cc1. The molecule has 1 aromatic heterocycles. The highest BCUT2D eigenvalue weighted by Gasteiger charge is 2.04. The third kappa shape index (κ3) is 2.64. The monoisotopic (exact) mass is 227 g/mol. The molecule has 0 bridgehead atoms. The zero-order valence-corrected chi connectivity index (χ0v) is 9.77. The Kier molecular flexibility index (Phi) is 3.10. The van der Waals surface area contributed by atoms with Gasteiger partial charge in [-0.3, -0.25) is 0 Å². The second-order valence-corrected chi connectivity index (χ2v) is 3.95. The zero-order chi connectivity index (χ0) is 12.3. The van der Waals surface area contributed by atoms with Gasteiger partial charge in [0.1, 0.15) is 23.3 Å². The minimum atomic E-state index is 0.162. The van der Waals surface area contributed by atoms with Crippen molar-refractivity contribution in [1.82, 2.24) is 9.97 Å². The van der Waals surface area contributed by atoms with Crippen LogP contribution in [0.4, 0.5) is 0 Å². The van der Waals surface area contributed by atoms with Gasteiger partial charge >= 0.3 is 0 Å². The summed E-state index contributed by atoms with van der Waals surface area (Å²) in [7, 11) is 0. The summed E-state index contributed by atoms with van der Waals surface area (Å²) in [6.45, 7) is 3.97. The molecule has 2 rings (SSSR count). The highest BCUT2D eigenvalue weighted by atomic mass is 16.5. The van der Waals surface area contributed by atoms with Crippen LogP contribution >= 0.6 is 0 Å². The first-order chi connectivity index (χ1) is 8.19. The molecule has 1 heterocycles. The highest BCUT2D eigenvalue weighted by Crippen LogP contribution is 2.20. The van der Waals surface area contributed by atoms with Gasteiger partial charge in [0.25, 0.3) is 0 Å². The number of hydrogen-bond donors (Lipinski definition) is 1. The number of benzene rings is 1. The second kappa shape index (κ2) is 4.71. The number of rotatable bonds is 3. The van der Waals surface area contributed by atoms with Gasteiger partial charge in [-0.1, -0.05) is 0 Å². The van der Waals surface area contributed by atoms with E-state index in [0.717, 1.165) is 11.3 Å². The van der Waals surface area contributed by atoms with Crippen molar-refractivity contribution < 1.29 is 4.74 Å². The fourth-order valence-electron chi connectivity index (χ4n) is 1.49. The Balaban J connectivity index is 2.20. The van der Waals surface area contributed by atoms with E-state index in [1.807, 2.05) is 44.2 Å². The molecule has 2 aromatic rings. The number of nitrogens with zero attached hydrogens (tertiary/aromatic N) is 2. The van der Waals surface area contributed by atoms with Crippen molar-refractivity contribution in [3.05, 3.63) is 36.2 Å². The van der Waals surface area contributed by atoms with Gasteiger partial charge in [0.05, 0.1) is 12.3 Å². The van der Waals surface area contributed by atoms with Crippen LogP contribution in [0.2, 0.25) is 0 Å². The molecule has 0 atom stereocenters. The summed E-state index contributed by atoms with van der Waals surface area (Å²) in [6, 6.07) is 9.63. The number of aromatic nitrogens is 2. The van der Waals surface area contributed by atoms with Gasteiger partial charge in [-0.2, -0.15) is 5.26 Å². The summed E-state index contributed by atoms with van der Waals surface area (Å²) < 4.78 is 5.55. The number of imidazole rings is 1. The van der Waals surface area contributed by atoms with E-state index < -0.39 is 0 Å². The van der Waals surface area contributed by atoms with Gasteiger partial charge in [0, 0.05) is 5.56 Å². The molecule has 0 fully saturated rings. The third-order valence-corrected chi connectivity index (χ3v) is 2.20. The lowest BCUT2D eigenvalue weighted by Gasteiger charge is -2.09. The van der Waals surface area contributed by atoms with Crippen molar-refractivity contribution in [3.8, 4) is 23.2 Å². The molecule has 1 aromatic carbocycles. The molecular weight excluding hydrogens is 214 g/mol. The van der Waals surface area contributed by atoms with Crippen molar-refractivity contribution in [3.63, 3.8) is 0 Å². The first-order valence-corrected chi connectivity index (χ1v) is 5.41. The first-order valence-electron chi connectivity index (χ1n) is 5.41. The maximum absolute atomic E-state index is 8.70. The second-order valence-electron chi connectivity index (χ2n) is 3.95. The predicted octanol–water partition coefficient (Wildman–Crippen LogP) is 2.74. The van der Waals surface area contributed by atoms with Crippen LogP contribution in [0.1, 0.15) is 19.5 Å². The van der Waals surface area contributed by atoms with E-state index >= 15 is 0 Å². The van der Waals surface area contributed by atoms with Crippen molar-refractivity contribution in [2.75, 3.05) is 0 Å². The van der Waals surface area contributed by atoms with E-state index in [1.54, 1.807) is 0 Å². The minimum Gasteiger partial charge on any atom is -0.491 e. The van der Waals surface area contributed by atoms with E-state index in [1.165, 1.54) is 6.20 Å². The fraction of sp³-hybridized carbons (Fsp3) is 0.231. The summed E-state index contributed by atoms with van der Waals surface area (Å²) >= 11 is 0. The molecule has 0 unspecified atom stereocenters. The third-order valence-electron chi connectivity index (χ3n) is 2.20. The molecule has 0 radical (unpaired) electrons. The summed E-state index contributed by atoms with van der Waals surface area (Å²) in [4.78, 5) is 7.06. The highest BCUT2D eigenvalue weighted by molar-refractivity contribution is 5.57. The van der Waals surface area contributed by atoms with E-state index in [9.17, 15) is 0 Å². The van der Waals surface area contributed by atoms with E-state index in [4.69, 9.17) is 10.00 Å². The van der Waals surface area contributed by atoms with Crippen molar-refractivity contribution in [2.24, 2.45) is 0 Å². The number of hydrogen-bond acceptors (Lipinski definition) is 3. The molecule has 0 spiro atoms. The average Bonchev–Trinajstić information content (AvgIpc) is 2.78. The number of nitrogens with one attached hydrogen (secondary N) is 1. The van der Waals surface area contributed by atoms with Crippen LogP contribution in [0.5, 0.6) is 5.75 Å². The van der Waals surface area contributed by atoms with Crippen LogP contribution < -0.4 is 4.74 Å². The van der Waals surface area contributed by atoms with Crippen molar-refractivity contribution in [2.45, 2.75) is 20.0 Å². The van der Waals surface area contributed by atoms with Crippen LogP contribution in [0.15, 0.2) is 30.5 Å². The quantitative estimate of drug-likeness (QED) is 0.876. The molecule has 0 saturated heterocycles. The van der Waals surface area contributed by atoms with Gasteiger partial charge in [0.15, 0.2) is 0 Å². The number of aromatic amines is 1. The number of H-pyrrole nitrogens is 1. The Hall–Kier alpha value is -2.28. The molecule has 86 valence electrons. The zero-order valence-electron chi connectivity index (χ0n) is 9.77. The Labute approximate surface area is 99.9 Å². The summed E-state index contributed by atoms with van der Waals surface area (Å²) in [5.41, 5.74) is 1.39. The molecule has 0 aliphatic heterocycles. The standard InChI is InChI=1S/C13H13N3O/c1-9(2)17-12-5-3-10(4-6-12)13-15-8-11(7-14)16-13/h3-6,8-9H,1-2H3,(H,15,16). The molecule has 17 heavy (non-hydrogen) atoms. The van der Waals surface area contributed by atoms with E-state index in [-0.39, 0.29) is 6.10 Å². The van der Waals surface area contributed by atoms with Gasteiger partial charge in [-0.05, 0) is 38.1 Å². The molecule has 4 nitrogen and oxygen atoms in total. The molecule has 0 aliphatic carbocycles. The van der Waals surface area contributed by atoms with Crippen molar-refractivity contribution >= 4 is 0 Å². The Morgan fingerprint density at radius 1 is 1.29 bits per heavy atom. The van der Waals surface area contributed by atoms with Crippen molar-refractivity contribution in [1.29, 1.82) is 5.26 Å². The Morgan fingerprint density at radius 3 is 2.53 bits per heavy atom. The van der Waals surface area contributed by atoms with Gasteiger partial charge < -0.3 is 9.72 Å². The molecule has 1 N–H and O–H groups in total. The molecular formula is C13H13N3O. The van der Waals surface area contributed by atoms with E-state index in [2.05, 4.69) is 9.97 Å². The van der Waals surface area contributed by atoms with Gasteiger partial charge in [0.2, 0.25) is 0 Å². The van der Waals surface area contributed by atoms with Crippen LogP contribution in [0, 0.1) is 11.3 Å². The lowest BCUT2D eigenvalue weighted by atomic mass is 10.2. The summed E-state index contributed by atoms with van der Waals surface area (Å²) in [5, 5.41) is 8.70. The van der Waals surface area contributed by atoms with Crippen LogP contribution in [-0.2, 0) is 0 Å². The predicted molar refractivity (Wildman–Crippen MR) is 64.5 cm³/mol.